The molecule has 0 saturated heterocycles. The van der Waals surface area contributed by atoms with Crippen LogP contribution in [0.15, 0.2) is 28.2 Å². The molecular weight excluding hydrogens is 274 g/mol. The molecule has 0 unspecified atom stereocenters. The highest BCUT2D eigenvalue weighted by atomic mass is 79.9. The molecule has 1 N–H and O–H groups in total. The van der Waals surface area contributed by atoms with Crippen LogP contribution in [0.4, 0.5) is 0 Å². The maximum absolute atomic E-state index is 9.41. The molecule has 0 aliphatic carbocycles. The summed E-state index contributed by atoms with van der Waals surface area (Å²) in [6.45, 7) is 2.10. The summed E-state index contributed by atoms with van der Waals surface area (Å²) in [4.78, 5) is 5.65. The maximum atomic E-state index is 9.41. The van der Waals surface area contributed by atoms with Crippen molar-refractivity contribution < 1.29 is 5.11 Å². The Bertz CT molecular complexity index is 481. The van der Waals surface area contributed by atoms with E-state index in [-0.39, 0.29) is 5.75 Å². The summed E-state index contributed by atoms with van der Waals surface area (Å²) in [6, 6.07) is 7.19. The lowest BCUT2D eigenvalue weighted by atomic mass is 10.1. The van der Waals surface area contributed by atoms with Crippen LogP contribution in [0.3, 0.4) is 0 Å². The first kappa shape index (κ1) is 10.6. The van der Waals surface area contributed by atoms with Crippen LogP contribution in [0.5, 0.6) is 5.75 Å². The molecule has 2 rings (SSSR count). The molecule has 0 fully saturated rings. The molecule has 15 heavy (non-hydrogen) atoms. The van der Waals surface area contributed by atoms with Gasteiger partial charge in [-0.3, -0.25) is 0 Å². The highest BCUT2D eigenvalue weighted by molar-refractivity contribution is 9.11. The Labute approximate surface area is 101 Å². The Morgan fingerprint density at radius 3 is 2.93 bits per heavy atom. The molecule has 0 amide bonds. The first-order chi connectivity index (χ1) is 7.20. The number of thiazole rings is 1. The molecule has 0 atom stereocenters. The van der Waals surface area contributed by atoms with Gasteiger partial charge in [0, 0.05) is 10.4 Å². The third-order valence-electron chi connectivity index (χ3n) is 2.11. The normalized spacial score (nSPS) is 10.5. The van der Waals surface area contributed by atoms with Gasteiger partial charge in [-0.15, -0.1) is 11.3 Å². The lowest BCUT2D eigenvalue weighted by molar-refractivity contribution is 0.475. The largest absolute Gasteiger partial charge is 0.508 e. The Balaban J connectivity index is 2.53. The lowest BCUT2D eigenvalue weighted by Gasteiger charge is -2.00. The summed E-state index contributed by atoms with van der Waals surface area (Å²) >= 11 is 5.02. The molecule has 0 radical (unpaired) electrons. The van der Waals surface area contributed by atoms with Crippen LogP contribution in [0.2, 0.25) is 0 Å². The van der Waals surface area contributed by atoms with Gasteiger partial charge in [0.25, 0.3) is 0 Å². The van der Waals surface area contributed by atoms with Gasteiger partial charge in [-0.25, -0.2) is 4.98 Å². The fourth-order valence-electron chi connectivity index (χ4n) is 1.44. The zero-order valence-corrected chi connectivity index (χ0v) is 10.6. The predicted octanol–water partition coefficient (Wildman–Crippen LogP) is 3.84. The number of aryl methyl sites for hydroxylation is 1. The van der Waals surface area contributed by atoms with E-state index >= 15 is 0 Å². The van der Waals surface area contributed by atoms with Gasteiger partial charge in [0.2, 0.25) is 0 Å². The van der Waals surface area contributed by atoms with Crippen LogP contribution in [-0.4, -0.2) is 10.1 Å². The number of phenols is 1. The molecule has 0 aliphatic rings. The van der Waals surface area contributed by atoms with E-state index in [0.29, 0.717) is 0 Å². The lowest BCUT2D eigenvalue weighted by Crippen LogP contribution is -1.82. The topological polar surface area (TPSA) is 33.1 Å². The van der Waals surface area contributed by atoms with E-state index in [4.69, 9.17) is 0 Å². The third kappa shape index (κ3) is 2.21. The zero-order chi connectivity index (χ0) is 10.8. The summed E-state index contributed by atoms with van der Waals surface area (Å²) in [7, 11) is 0. The van der Waals surface area contributed by atoms with Crippen molar-refractivity contribution in [3.05, 3.63) is 33.1 Å². The van der Waals surface area contributed by atoms with E-state index in [1.54, 1.807) is 23.5 Å². The van der Waals surface area contributed by atoms with Crippen molar-refractivity contribution in [2.24, 2.45) is 0 Å². The van der Waals surface area contributed by atoms with Crippen molar-refractivity contribution in [3.63, 3.8) is 0 Å². The number of rotatable bonds is 2. The zero-order valence-electron chi connectivity index (χ0n) is 8.20. The van der Waals surface area contributed by atoms with E-state index in [2.05, 4.69) is 27.8 Å². The minimum Gasteiger partial charge on any atom is -0.508 e. The van der Waals surface area contributed by atoms with Gasteiger partial charge < -0.3 is 5.11 Å². The van der Waals surface area contributed by atoms with E-state index < -0.39 is 0 Å². The monoisotopic (exact) mass is 283 g/mol. The molecule has 0 spiro atoms. The molecule has 0 bridgehead atoms. The number of hydrogen-bond acceptors (Lipinski definition) is 3. The Morgan fingerprint density at radius 1 is 1.47 bits per heavy atom. The van der Waals surface area contributed by atoms with Gasteiger partial charge in [0.15, 0.2) is 3.92 Å². The van der Waals surface area contributed by atoms with Crippen molar-refractivity contribution in [3.8, 4) is 17.0 Å². The van der Waals surface area contributed by atoms with Gasteiger partial charge in [-0.05, 0) is 34.5 Å². The molecule has 1 heterocycles. The second-order valence-electron chi connectivity index (χ2n) is 3.14. The molecule has 2 nitrogen and oxygen atoms in total. The van der Waals surface area contributed by atoms with E-state index in [0.717, 1.165) is 21.6 Å². The summed E-state index contributed by atoms with van der Waals surface area (Å²) < 4.78 is 0.887. The summed E-state index contributed by atoms with van der Waals surface area (Å²) in [5.41, 5.74) is 1.93. The standard InChI is InChI=1S/C11H10BrNOS/c1-2-9-10(13-11(12)15-9)7-4-3-5-8(14)6-7/h3-6,14H,2H2,1H3. The van der Waals surface area contributed by atoms with Crippen LogP contribution in [0.1, 0.15) is 11.8 Å². The fraction of sp³-hybridized carbons (Fsp3) is 0.182. The molecule has 78 valence electrons. The second kappa shape index (κ2) is 4.33. The Hall–Kier alpha value is -0.870. The van der Waals surface area contributed by atoms with Crippen molar-refractivity contribution in [2.45, 2.75) is 13.3 Å². The Morgan fingerprint density at radius 2 is 2.27 bits per heavy atom. The minimum absolute atomic E-state index is 0.277. The van der Waals surface area contributed by atoms with E-state index in [9.17, 15) is 5.11 Å². The molecule has 2 aromatic rings. The van der Waals surface area contributed by atoms with Gasteiger partial charge >= 0.3 is 0 Å². The number of halogens is 1. The average Bonchev–Trinajstić information content (AvgIpc) is 2.59. The fourth-order valence-corrected chi connectivity index (χ4v) is 2.95. The molecule has 4 heteroatoms. The maximum Gasteiger partial charge on any atom is 0.160 e. The molecule has 0 aliphatic heterocycles. The summed E-state index contributed by atoms with van der Waals surface area (Å²) in [6.07, 6.45) is 0.953. The van der Waals surface area contributed by atoms with Crippen molar-refractivity contribution in [1.82, 2.24) is 4.98 Å². The van der Waals surface area contributed by atoms with Crippen LogP contribution >= 0.6 is 27.3 Å². The van der Waals surface area contributed by atoms with Gasteiger partial charge in [-0.2, -0.15) is 0 Å². The highest BCUT2D eigenvalue weighted by Gasteiger charge is 2.10. The molecule has 1 aromatic heterocycles. The van der Waals surface area contributed by atoms with Crippen molar-refractivity contribution in [1.29, 1.82) is 0 Å². The van der Waals surface area contributed by atoms with Crippen LogP contribution in [0.25, 0.3) is 11.3 Å². The molecular formula is C11H10BrNOS. The van der Waals surface area contributed by atoms with Gasteiger partial charge in [0.1, 0.15) is 5.75 Å². The minimum atomic E-state index is 0.277. The number of benzene rings is 1. The number of hydrogen-bond donors (Lipinski definition) is 1. The van der Waals surface area contributed by atoms with Crippen molar-refractivity contribution >= 4 is 27.3 Å². The Kier molecular flexibility index (Phi) is 3.07. The quantitative estimate of drug-likeness (QED) is 0.908. The second-order valence-corrected chi connectivity index (χ2v) is 5.50. The van der Waals surface area contributed by atoms with Gasteiger partial charge in [0.05, 0.1) is 5.69 Å². The van der Waals surface area contributed by atoms with Crippen molar-refractivity contribution in [2.75, 3.05) is 0 Å². The van der Waals surface area contributed by atoms with Crippen LogP contribution in [0, 0.1) is 0 Å². The highest BCUT2D eigenvalue weighted by Crippen LogP contribution is 2.32. The number of phenolic OH excluding ortho intramolecular Hbond substituents is 1. The average molecular weight is 284 g/mol. The first-order valence-electron chi connectivity index (χ1n) is 4.65. The number of aromatic nitrogens is 1. The van der Waals surface area contributed by atoms with Crippen LogP contribution < -0.4 is 0 Å². The SMILES string of the molecule is CCc1sc(Br)nc1-c1cccc(O)c1. The first-order valence-corrected chi connectivity index (χ1v) is 6.26. The summed E-state index contributed by atoms with van der Waals surface area (Å²) in [5.74, 6) is 0.277. The number of nitrogens with zero attached hydrogens (tertiary/aromatic N) is 1. The molecule has 0 saturated carbocycles. The third-order valence-corrected chi connectivity index (χ3v) is 3.76. The predicted molar refractivity (Wildman–Crippen MR) is 66.3 cm³/mol. The van der Waals surface area contributed by atoms with Crippen LogP contribution in [-0.2, 0) is 6.42 Å². The van der Waals surface area contributed by atoms with E-state index in [1.807, 2.05) is 12.1 Å². The summed E-state index contributed by atoms with van der Waals surface area (Å²) in [5, 5.41) is 9.41. The number of aromatic hydroxyl groups is 1. The molecule has 1 aromatic carbocycles. The smallest absolute Gasteiger partial charge is 0.160 e. The van der Waals surface area contributed by atoms with E-state index in [1.165, 1.54) is 4.88 Å². The van der Waals surface area contributed by atoms with Gasteiger partial charge in [-0.1, -0.05) is 19.1 Å².